The molecule has 2 amide bonds. The van der Waals surface area contributed by atoms with Gasteiger partial charge in [-0.3, -0.25) is 19.6 Å². The maximum atomic E-state index is 12.2. The molecule has 7 nitrogen and oxygen atoms in total. The highest BCUT2D eigenvalue weighted by Crippen LogP contribution is 2.05. The number of carbonyl (C=O) groups excluding carboxylic acids is 2. The Morgan fingerprint density at radius 3 is 2.24 bits per heavy atom. The summed E-state index contributed by atoms with van der Waals surface area (Å²) in [5.74, 6) is 0.0187. The minimum absolute atomic E-state index is 0.268. The van der Waals surface area contributed by atoms with Crippen molar-refractivity contribution in [2.75, 3.05) is 0 Å². The maximum Gasteiger partial charge on any atom is 0.253 e. The lowest BCUT2D eigenvalue weighted by molar-refractivity contribution is 0.0947. The van der Waals surface area contributed by atoms with Gasteiger partial charge in [-0.15, -0.1) is 0 Å². The molecular formula is C18H16N4O3. The molecule has 7 heteroatoms. The average molecular weight is 336 g/mol. The molecule has 0 spiro atoms. The predicted molar refractivity (Wildman–Crippen MR) is 89.5 cm³/mol. The van der Waals surface area contributed by atoms with Crippen molar-refractivity contribution >= 4 is 11.8 Å². The van der Waals surface area contributed by atoms with Gasteiger partial charge in [0.05, 0.1) is 23.9 Å². The molecule has 0 unspecified atom stereocenters. The van der Waals surface area contributed by atoms with E-state index in [9.17, 15) is 9.59 Å². The van der Waals surface area contributed by atoms with Gasteiger partial charge in [-0.05, 0) is 35.9 Å². The molecule has 0 aliphatic carbocycles. The third kappa shape index (κ3) is 4.51. The van der Waals surface area contributed by atoms with E-state index in [1.54, 1.807) is 24.5 Å². The summed E-state index contributed by atoms with van der Waals surface area (Å²) in [6.45, 7) is 0.639. The van der Waals surface area contributed by atoms with Crippen LogP contribution in [0.4, 0.5) is 0 Å². The summed E-state index contributed by atoms with van der Waals surface area (Å²) in [6.07, 6.45) is 7.69. The molecule has 126 valence electrons. The molecule has 0 atom stereocenters. The van der Waals surface area contributed by atoms with Crippen LogP contribution in [0.1, 0.15) is 32.0 Å². The van der Waals surface area contributed by atoms with Crippen molar-refractivity contribution in [2.45, 2.75) is 13.1 Å². The number of hydrogen-bond donors (Lipinski definition) is 2. The first-order chi connectivity index (χ1) is 12.2. The smallest absolute Gasteiger partial charge is 0.253 e. The van der Waals surface area contributed by atoms with E-state index in [2.05, 4.69) is 20.6 Å². The first kappa shape index (κ1) is 16.4. The predicted octanol–water partition coefficient (Wildman–Crippen LogP) is 1.93. The van der Waals surface area contributed by atoms with E-state index in [-0.39, 0.29) is 18.4 Å². The fraction of sp³-hybridized carbons (Fsp3) is 0.111. The highest BCUT2D eigenvalue weighted by atomic mass is 16.3. The van der Waals surface area contributed by atoms with Gasteiger partial charge in [0, 0.05) is 31.3 Å². The van der Waals surface area contributed by atoms with Crippen LogP contribution in [-0.4, -0.2) is 21.8 Å². The van der Waals surface area contributed by atoms with Crippen LogP contribution in [0.5, 0.6) is 0 Å². The molecule has 3 aromatic rings. The number of nitrogens with zero attached hydrogens (tertiary/aromatic N) is 2. The highest BCUT2D eigenvalue weighted by molar-refractivity contribution is 5.99. The van der Waals surface area contributed by atoms with Gasteiger partial charge >= 0.3 is 0 Å². The molecule has 0 saturated heterocycles. The summed E-state index contributed by atoms with van der Waals surface area (Å²) in [5, 5.41) is 5.50. The lowest BCUT2D eigenvalue weighted by atomic mass is 10.1. The van der Waals surface area contributed by atoms with Gasteiger partial charge < -0.3 is 15.1 Å². The van der Waals surface area contributed by atoms with E-state index in [4.69, 9.17) is 4.42 Å². The summed E-state index contributed by atoms with van der Waals surface area (Å²) < 4.78 is 5.16. The number of pyridine rings is 2. The summed E-state index contributed by atoms with van der Waals surface area (Å²) in [6, 6.07) is 8.65. The Balaban J connectivity index is 1.60. The minimum Gasteiger partial charge on any atom is -0.467 e. The number of aromatic nitrogens is 2. The van der Waals surface area contributed by atoms with Gasteiger partial charge in [-0.25, -0.2) is 0 Å². The van der Waals surface area contributed by atoms with Gasteiger partial charge in [-0.1, -0.05) is 0 Å². The SMILES string of the molecule is O=C(NCc1ccncc1)c1cncc(C(=O)NCc2ccco2)c1. The lowest BCUT2D eigenvalue weighted by Crippen LogP contribution is -2.25. The average Bonchev–Trinajstić information content (AvgIpc) is 3.18. The van der Waals surface area contributed by atoms with Crippen molar-refractivity contribution in [1.29, 1.82) is 0 Å². The van der Waals surface area contributed by atoms with Gasteiger partial charge in [0.1, 0.15) is 5.76 Å². The fourth-order valence-electron chi connectivity index (χ4n) is 2.16. The van der Waals surface area contributed by atoms with Crippen LogP contribution < -0.4 is 10.6 Å². The standard InChI is InChI=1S/C18H16N4O3/c23-17(21-9-13-3-5-19-6-4-13)14-8-15(11-20-10-14)18(24)22-12-16-2-1-7-25-16/h1-8,10-11H,9,12H2,(H,21,23)(H,22,24). The Morgan fingerprint density at radius 1 is 0.920 bits per heavy atom. The van der Waals surface area contributed by atoms with Crippen LogP contribution in [0.3, 0.4) is 0 Å². The molecule has 0 saturated carbocycles. The minimum atomic E-state index is -0.326. The number of amides is 2. The summed E-state index contributed by atoms with van der Waals surface area (Å²) in [7, 11) is 0. The van der Waals surface area contributed by atoms with Gasteiger partial charge in [-0.2, -0.15) is 0 Å². The third-order valence-corrected chi connectivity index (χ3v) is 3.47. The monoisotopic (exact) mass is 336 g/mol. The van der Waals surface area contributed by atoms with Crippen LogP contribution in [0.25, 0.3) is 0 Å². The molecule has 0 radical (unpaired) electrons. The fourth-order valence-corrected chi connectivity index (χ4v) is 2.16. The Kier molecular flexibility index (Phi) is 5.16. The Labute approximate surface area is 144 Å². The van der Waals surface area contributed by atoms with Gasteiger partial charge in [0.15, 0.2) is 0 Å². The molecule has 0 aliphatic heterocycles. The summed E-state index contributed by atoms with van der Waals surface area (Å²) in [4.78, 5) is 32.3. The number of furan rings is 1. The number of hydrogen-bond acceptors (Lipinski definition) is 5. The topological polar surface area (TPSA) is 97.1 Å². The van der Waals surface area contributed by atoms with Crippen molar-refractivity contribution in [2.24, 2.45) is 0 Å². The molecule has 0 bridgehead atoms. The Hall–Kier alpha value is -3.48. The second kappa shape index (κ2) is 7.87. The van der Waals surface area contributed by atoms with Crippen LogP contribution in [0.15, 0.2) is 65.8 Å². The van der Waals surface area contributed by atoms with Crippen LogP contribution in [0.2, 0.25) is 0 Å². The maximum absolute atomic E-state index is 12.2. The summed E-state index contributed by atoms with van der Waals surface area (Å²) >= 11 is 0. The zero-order valence-electron chi connectivity index (χ0n) is 13.3. The van der Waals surface area contributed by atoms with E-state index in [1.165, 1.54) is 24.7 Å². The second-order valence-electron chi connectivity index (χ2n) is 5.26. The van der Waals surface area contributed by atoms with E-state index in [0.29, 0.717) is 23.4 Å². The second-order valence-corrected chi connectivity index (χ2v) is 5.26. The largest absolute Gasteiger partial charge is 0.467 e. The van der Waals surface area contributed by atoms with Gasteiger partial charge in [0.25, 0.3) is 11.8 Å². The highest BCUT2D eigenvalue weighted by Gasteiger charge is 2.11. The van der Waals surface area contributed by atoms with Crippen molar-refractivity contribution in [1.82, 2.24) is 20.6 Å². The van der Waals surface area contributed by atoms with Crippen molar-refractivity contribution < 1.29 is 14.0 Å². The van der Waals surface area contributed by atoms with Gasteiger partial charge in [0.2, 0.25) is 0 Å². The van der Waals surface area contributed by atoms with Crippen molar-refractivity contribution in [3.05, 3.63) is 83.8 Å². The van der Waals surface area contributed by atoms with Crippen molar-refractivity contribution in [3.8, 4) is 0 Å². The molecule has 3 heterocycles. The quantitative estimate of drug-likeness (QED) is 0.717. The number of rotatable bonds is 6. The Bertz CT molecular complexity index is 848. The van der Waals surface area contributed by atoms with E-state index < -0.39 is 0 Å². The molecule has 3 aromatic heterocycles. The molecular weight excluding hydrogens is 320 g/mol. The Morgan fingerprint density at radius 2 is 1.60 bits per heavy atom. The van der Waals surface area contributed by atoms with Crippen LogP contribution in [-0.2, 0) is 13.1 Å². The van der Waals surface area contributed by atoms with E-state index >= 15 is 0 Å². The summed E-state index contributed by atoms with van der Waals surface area (Å²) in [5.41, 5.74) is 1.56. The first-order valence-electron chi connectivity index (χ1n) is 7.65. The number of carbonyl (C=O) groups is 2. The lowest BCUT2D eigenvalue weighted by Gasteiger charge is -2.07. The molecule has 0 fully saturated rings. The zero-order valence-corrected chi connectivity index (χ0v) is 13.3. The first-order valence-corrected chi connectivity index (χ1v) is 7.65. The third-order valence-electron chi connectivity index (χ3n) is 3.47. The van der Waals surface area contributed by atoms with Crippen LogP contribution in [0, 0.1) is 0 Å². The van der Waals surface area contributed by atoms with E-state index in [1.807, 2.05) is 12.1 Å². The molecule has 3 rings (SSSR count). The molecule has 0 aliphatic rings. The molecule has 0 aromatic carbocycles. The number of nitrogens with one attached hydrogen (secondary N) is 2. The van der Waals surface area contributed by atoms with E-state index in [0.717, 1.165) is 5.56 Å². The molecule has 2 N–H and O–H groups in total. The normalized spacial score (nSPS) is 10.2. The molecule has 25 heavy (non-hydrogen) atoms. The van der Waals surface area contributed by atoms with Crippen LogP contribution >= 0.6 is 0 Å². The van der Waals surface area contributed by atoms with Crippen molar-refractivity contribution in [3.63, 3.8) is 0 Å². The zero-order chi connectivity index (χ0) is 17.5.